The first-order valence-corrected chi connectivity index (χ1v) is 10.5. The fourth-order valence-corrected chi connectivity index (χ4v) is 3.62. The zero-order chi connectivity index (χ0) is 22.2. The predicted octanol–water partition coefficient (Wildman–Crippen LogP) is 3.52. The Morgan fingerprint density at radius 3 is 2.61 bits per heavy atom. The van der Waals surface area contributed by atoms with Crippen molar-refractivity contribution < 1.29 is 14.3 Å². The maximum Gasteiger partial charge on any atom is 0.230 e. The Kier molecular flexibility index (Phi) is 7.92. The molecule has 7 nitrogen and oxygen atoms in total. The Balaban J connectivity index is 0.00000132. The van der Waals surface area contributed by atoms with Gasteiger partial charge < -0.3 is 24.9 Å². The molecule has 1 aliphatic heterocycles. The van der Waals surface area contributed by atoms with Crippen molar-refractivity contribution in [1.82, 2.24) is 14.9 Å². The summed E-state index contributed by atoms with van der Waals surface area (Å²) in [6.07, 6.45) is 5.08. The lowest BCUT2D eigenvalue weighted by Gasteiger charge is -2.29. The molecule has 0 saturated carbocycles. The number of likely N-dealkylation sites (tertiary alicyclic amines) is 1. The zero-order valence-corrected chi connectivity index (χ0v) is 18.4. The minimum absolute atomic E-state index is 0.227. The molecule has 0 spiro atoms. The molecule has 0 unspecified atom stereocenters. The topological polar surface area (TPSA) is 90.6 Å². The van der Waals surface area contributed by atoms with Gasteiger partial charge in [0, 0.05) is 19.5 Å². The highest BCUT2D eigenvalue weighted by Gasteiger charge is 2.18. The number of piperidine rings is 1. The normalized spacial score (nSPS) is 14.6. The van der Waals surface area contributed by atoms with Gasteiger partial charge >= 0.3 is 0 Å². The van der Waals surface area contributed by atoms with Crippen LogP contribution in [0.4, 0.5) is 0 Å². The van der Waals surface area contributed by atoms with Crippen LogP contribution in [0, 0.1) is 6.92 Å². The van der Waals surface area contributed by atoms with Crippen molar-refractivity contribution in [3.05, 3.63) is 53.9 Å². The van der Waals surface area contributed by atoms with Crippen LogP contribution in [0.15, 0.2) is 42.7 Å². The van der Waals surface area contributed by atoms with Gasteiger partial charge in [-0.1, -0.05) is 12.1 Å². The monoisotopic (exact) mass is 422 g/mol. The van der Waals surface area contributed by atoms with Gasteiger partial charge in [-0.05, 0) is 69.3 Å². The van der Waals surface area contributed by atoms with E-state index < -0.39 is 0 Å². The second-order valence-corrected chi connectivity index (χ2v) is 7.55. The maximum absolute atomic E-state index is 10.7. The summed E-state index contributed by atoms with van der Waals surface area (Å²) >= 11 is 0. The molecular weight excluding hydrogens is 392 g/mol. The van der Waals surface area contributed by atoms with Gasteiger partial charge in [0.1, 0.15) is 30.2 Å². The summed E-state index contributed by atoms with van der Waals surface area (Å²) < 4.78 is 12.3. The van der Waals surface area contributed by atoms with Crippen molar-refractivity contribution in [2.75, 3.05) is 27.2 Å². The molecule has 164 valence electrons. The van der Waals surface area contributed by atoms with Gasteiger partial charge in [0.25, 0.3) is 0 Å². The van der Waals surface area contributed by atoms with Gasteiger partial charge in [0.15, 0.2) is 0 Å². The molecule has 3 aromatic rings. The smallest absolute Gasteiger partial charge is 0.230 e. The Hall–Kier alpha value is -3.03. The van der Waals surface area contributed by atoms with Crippen LogP contribution in [0.5, 0.6) is 17.4 Å². The molecule has 1 aromatic heterocycles. The second-order valence-electron chi connectivity index (χ2n) is 7.55. The maximum atomic E-state index is 10.7. The molecule has 0 radical (unpaired) electrons. The van der Waals surface area contributed by atoms with E-state index in [9.17, 15) is 4.79 Å². The fourth-order valence-electron chi connectivity index (χ4n) is 3.62. The molecule has 4 rings (SSSR count). The van der Waals surface area contributed by atoms with Gasteiger partial charge in [0.05, 0.1) is 10.9 Å². The molecule has 0 atom stereocenters. The summed E-state index contributed by atoms with van der Waals surface area (Å²) in [5.74, 6) is 2.01. The number of ether oxygens (including phenoxy) is 2. The number of aryl methyl sites for hydroxylation is 1. The van der Waals surface area contributed by atoms with E-state index in [-0.39, 0.29) is 6.10 Å². The van der Waals surface area contributed by atoms with Crippen LogP contribution in [0.1, 0.15) is 24.0 Å². The van der Waals surface area contributed by atoms with E-state index in [4.69, 9.17) is 9.47 Å². The largest absolute Gasteiger partial charge is 0.490 e. The average molecular weight is 423 g/mol. The van der Waals surface area contributed by atoms with Crippen LogP contribution in [-0.4, -0.2) is 54.4 Å². The molecular formula is C24H30N4O3. The van der Waals surface area contributed by atoms with Gasteiger partial charge in [-0.15, -0.1) is 0 Å². The molecule has 31 heavy (non-hydrogen) atoms. The molecule has 1 fully saturated rings. The van der Waals surface area contributed by atoms with E-state index in [1.165, 1.54) is 13.4 Å². The SMILES string of the molecule is CN.Cc1cc(CC=O)ccc1Oc1ncnc2ccc(OC3CCN(C)CC3)cc12. The van der Waals surface area contributed by atoms with Gasteiger partial charge in [-0.25, -0.2) is 9.97 Å². The van der Waals surface area contributed by atoms with Crippen molar-refractivity contribution in [3.8, 4) is 17.4 Å². The number of nitrogens with zero attached hydrogens (tertiary/aromatic N) is 3. The third kappa shape index (κ3) is 5.77. The zero-order valence-electron chi connectivity index (χ0n) is 18.4. The minimum atomic E-state index is 0.227. The number of nitrogens with two attached hydrogens (primary N) is 1. The number of carbonyl (C=O) groups is 1. The predicted molar refractivity (Wildman–Crippen MR) is 122 cm³/mol. The fraction of sp³-hybridized carbons (Fsp3) is 0.375. The number of aldehydes is 1. The van der Waals surface area contributed by atoms with E-state index in [0.29, 0.717) is 18.1 Å². The number of carbonyl (C=O) groups excluding carboxylic acids is 1. The van der Waals surface area contributed by atoms with Crippen LogP contribution < -0.4 is 15.2 Å². The average Bonchev–Trinajstić information content (AvgIpc) is 2.79. The number of hydrogen-bond acceptors (Lipinski definition) is 7. The van der Waals surface area contributed by atoms with Crippen molar-refractivity contribution in [3.63, 3.8) is 0 Å². The van der Waals surface area contributed by atoms with Gasteiger partial charge in [-0.2, -0.15) is 0 Å². The number of benzene rings is 2. The third-order valence-corrected chi connectivity index (χ3v) is 5.30. The molecule has 1 saturated heterocycles. The Morgan fingerprint density at radius 1 is 1.13 bits per heavy atom. The Morgan fingerprint density at radius 2 is 1.90 bits per heavy atom. The van der Waals surface area contributed by atoms with Crippen LogP contribution in [-0.2, 0) is 11.2 Å². The number of hydrogen-bond donors (Lipinski definition) is 1. The van der Waals surface area contributed by atoms with E-state index in [2.05, 4.69) is 27.6 Å². The lowest BCUT2D eigenvalue weighted by Crippen LogP contribution is -2.35. The first-order valence-electron chi connectivity index (χ1n) is 10.5. The number of fused-ring (bicyclic) bond motifs is 1. The highest BCUT2D eigenvalue weighted by Crippen LogP contribution is 2.32. The molecule has 2 heterocycles. The first-order chi connectivity index (χ1) is 15.1. The highest BCUT2D eigenvalue weighted by atomic mass is 16.5. The molecule has 0 aliphatic carbocycles. The summed E-state index contributed by atoms with van der Waals surface area (Å²) in [4.78, 5) is 21.8. The third-order valence-electron chi connectivity index (χ3n) is 5.30. The Bertz CT molecular complexity index is 1020. The van der Waals surface area contributed by atoms with Crippen molar-refractivity contribution >= 4 is 17.2 Å². The van der Waals surface area contributed by atoms with Crippen molar-refractivity contribution in [2.24, 2.45) is 5.73 Å². The summed E-state index contributed by atoms with van der Waals surface area (Å²) in [5.41, 5.74) is 7.22. The van der Waals surface area contributed by atoms with Crippen LogP contribution in [0.3, 0.4) is 0 Å². The van der Waals surface area contributed by atoms with Crippen LogP contribution in [0.2, 0.25) is 0 Å². The van der Waals surface area contributed by atoms with E-state index in [1.807, 2.05) is 43.3 Å². The molecule has 2 aromatic carbocycles. The molecule has 1 aliphatic rings. The van der Waals surface area contributed by atoms with Gasteiger partial charge in [0.2, 0.25) is 5.88 Å². The highest BCUT2D eigenvalue weighted by molar-refractivity contribution is 5.84. The summed E-state index contributed by atoms with van der Waals surface area (Å²) in [6, 6.07) is 11.6. The van der Waals surface area contributed by atoms with E-state index >= 15 is 0 Å². The van der Waals surface area contributed by atoms with Crippen LogP contribution >= 0.6 is 0 Å². The van der Waals surface area contributed by atoms with Gasteiger partial charge in [-0.3, -0.25) is 0 Å². The van der Waals surface area contributed by atoms with Crippen molar-refractivity contribution in [1.29, 1.82) is 0 Å². The quantitative estimate of drug-likeness (QED) is 0.608. The van der Waals surface area contributed by atoms with E-state index in [1.54, 1.807) is 0 Å². The Labute approximate surface area is 183 Å². The molecule has 0 bridgehead atoms. The standard InChI is InChI=1S/C23H25N3O3.CH5N/c1-16-13-17(9-12-27)3-6-22(16)29-23-20-14-19(4-5-21(20)24-15-25-23)28-18-7-10-26(2)11-8-18;1-2/h3-6,12-15,18H,7-11H2,1-2H3;2H2,1H3. The molecule has 2 N–H and O–H groups in total. The van der Waals surface area contributed by atoms with E-state index in [0.717, 1.165) is 60.0 Å². The van der Waals surface area contributed by atoms with Crippen LogP contribution in [0.25, 0.3) is 10.9 Å². The second kappa shape index (κ2) is 10.8. The van der Waals surface area contributed by atoms with Crippen molar-refractivity contribution in [2.45, 2.75) is 32.3 Å². The number of rotatable bonds is 6. The summed E-state index contributed by atoms with van der Waals surface area (Å²) in [5, 5.41) is 0.814. The lowest BCUT2D eigenvalue weighted by atomic mass is 10.1. The number of aromatic nitrogens is 2. The molecule has 0 amide bonds. The molecule has 7 heteroatoms. The first kappa shape index (κ1) is 22.7. The summed E-state index contributed by atoms with van der Waals surface area (Å²) in [7, 11) is 3.64. The summed E-state index contributed by atoms with van der Waals surface area (Å²) in [6.45, 7) is 4.06. The minimum Gasteiger partial charge on any atom is -0.490 e. The lowest BCUT2D eigenvalue weighted by molar-refractivity contribution is -0.107.